The number of ether oxygens (including phenoxy) is 1. The number of thiophene rings is 1. The van der Waals surface area contributed by atoms with Crippen molar-refractivity contribution in [3.63, 3.8) is 0 Å². The highest BCUT2D eigenvalue weighted by molar-refractivity contribution is 7.16. The second-order valence-corrected chi connectivity index (χ2v) is 6.01. The molecule has 2 aromatic rings. The molecule has 0 saturated carbocycles. The van der Waals surface area contributed by atoms with Gasteiger partial charge < -0.3 is 4.74 Å². The number of carbonyl (C=O) groups is 1. The Morgan fingerprint density at radius 1 is 1.33 bits per heavy atom. The molecular weight excluding hydrogens is 282 g/mol. The lowest BCUT2D eigenvalue weighted by Gasteiger charge is -2.03. The predicted octanol–water partition coefficient (Wildman–Crippen LogP) is 4.16. The minimum Gasteiger partial charge on any atom is -0.462 e. The minimum atomic E-state index is -0.239. The highest BCUT2D eigenvalue weighted by atomic mass is 32.1. The number of hydrogen-bond donors (Lipinski definition) is 0. The van der Waals surface area contributed by atoms with Gasteiger partial charge in [-0.25, -0.2) is 9.79 Å². The van der Waals surface area contributed by atoms with Crippen LogP contribution in [-0.4, -0.2) is 18.8 Å². The van der Waals surface area contributed by atoms with Crippen LogP contribution in [0.25, 0.3) is 0 Å². The van der Waals surface area contributed by atoms with Crippen molar-refractivity contribution in [3.05, 3.63) is 51.9 Å². The number of aliphatic imine (C=N–C) groups is 1. The Morgan fingerprint density at radius 3 is 2.90 bits per heavy atom. The first-order valence-corrected chi connectivity index (χ1v) is 8.02. The summed E-state index contributed by atoms with van der Waals surface area (Å²) in [5, 5.41) is 0.780. The van der Waals surface area contributed by atoms with E-state index in [9.17, 15) is 4.79 Å². The van der Waals surface area contributed by atoms with Gasteiger partial charge in [0.1, 0.15) is 5.00 Å². The number of rotatable bonds is 4. The van der Waals surface area contributed by atoms with Crippen molar-refractivity contribution < 1.29 is 9.53 Å². The quantitative estimate of drug-likeness (QED) is 0.628. The fourth-order valence-corrected chi connectivity index (χ4v) is 3.79. The molecule has 0 bridgehead atoms. The maximum atomic E-state index is 12.2. The Balaban J connectivity index is 1.95. The SMILES string of the molecule is CCOC(=O)c1c(N=Cc2ccccc2)sc2c1CCC2. The van der Waals surface area contributed by atoms with E-state index in [2.05, 4.69) is 4.99 Å². The van der Waals surface area contributed by atoms with Crippen LogP contribution in [0, 0.1) is 0 Å². The van der Waals surface area contributed by atoms with Crippen LogP contribution in [0.1, 0.15) is 39.7 Å². The highest BCUT2D eigenvalue weighted by Gasteiger charge is 2.27. The van der Waals surface area contributed by atoms with Crippen LogP contribution in [0.15, 0.2) is 35.3 Å². The van der Waals surface area contributed by atoms with Crippen molar-refractivity contribution in [1.82, 2.24) is 0 Å². The molecule has 0 N–H and O–H groups in total. The van der Waals surface area contributed by atoms with Crippen LogP contribution in [-0.2, 0) is 17.6 Å². The van der Waals surface area contributed by atoms with E-state index in [4.69, 9.17) is 4.74 Å². The number of aryl methyl sites for hydroxylation is 1. The van der Waals surface area contributed by atoms with Gasteiger partial charge in [0.2, 0.25) is 0 Å². The van der Waals surface area contributed by atoms with E-state index >= 15 is 0 Å². The van der Waals surface area contributed by atoms with Gasteiger partial charge in [0, 0.05) is 11.1 Å². The van der Waals surface area contributed by atoms with E-state index in [0.29, 0.717) is 12.2 Å². The summed E-state index contributed by atoms with van der Waals surface area (Å²) in [6, 6.07) is 9.91. The third kappa shape index (κ3) is 2.90. The van der Waals surface area contributed by atoms with Gasteiger partial charge >= 0.3 is 5.97 Å². The molecule has 1 aliphatic rings. The second kappa shape index (κ2) is 6.22. The topological polar surface area (TPSA) is 38.7 Å². The van der Waals surface area contributed by atoms with Gasteiger partial charge in [-0.3, -0.25) is 0 Å². The van der Waals surface area contributed by atoms with Crippen molar-refractivity contribution in [2.75, 3.05) is 6.61 Å². The van der Waals surface area contributed by atoms with Gasteiger partial charge in [-0.2, -0.15) is 0 Å². The molecule has 3 nitrogen and oxygen atoms in total. The van der Waals surface area contributed by atoms with Crippen molar-refractivity contribution in [3.8, 4) is 0 Å². The average molecular weight is 299 g/mol. The first-order valence-electron chi connectivity index (χ1n) is 7.20. The van der Waals surface area contributed by atoms with E-state index in [-0.39, 0.29) is 5.97 Å². The molecule has 1 heterocycles. The van der Waals surface area contributed by atoms with Gasteiger partial charge in [-0.1, -0.05) is 30.3 Å². The molecule has 108 valence electrons. The van der Waals surface area contributed by atoms with Crippen LogP contribution in [0.3, 0.4) is 0 Å². The molecule has 0 amide bonds. The monoisotopic (exact) mass is 299 g/mol. The van der Waals surface area contributed by atoms with Crippen LogP contribution in [0.4, 0.5) is 5.00 Å². The molecule has 3 rings (SSSR count). The number of esters is 1. The average Bonchev–Trinajstić information content (AvgIpc) is 3.06. The van der Waals surface area contributed by atoms with Crippen molar-refractivity contribution in [2.24, 2.45) is 4.99 Å². The van der Waals surface area contributed by atoms with Crippen molar-refractivity contribution in [2.45, 2.75) is 26.2 Å². The fraction of sp³-hybridized carbons (Fsp3) is 0.294. The molecule has 0 unspecified atom stereocenters. The van der Waals surface area contributed by atoms with E-state index in [0.717, 1.165) is 35.4 Å². The Hall–Kier alpha value is -1.94. The molecule has 0 aliphatic heterocycles. The second-order valence-electron chi connectivity index (χ2n) is 4.93. The van der Waals surface area contributed by atoms with Crippen molar-refractivity contribution >= 4 is 28.5 Å². The van der Waals surface area contributed by atoms with Gasteiger partial charge in [0.05, 0.1) is 12.2 Å². The van der Waals surface area contributed by atoms with E-state index in [1.165, 1.54) is 4.88 Å². The third-order valence-electron chi connectivity index (χ3n) is 3.51. The summed E-state index contributed by atoms with van der Waals surface area (Å²) in [7, 11) is 0. The Morgan fingerprint density at radius 2 is 2.14 bits per heavy atom. The maximum Gasteiger partial charge on any atom is 0.341 e. The van der Waals surface area contributed by atoms with Crippen molar-refractivity contribution in [1.29, 1.82) is 0 Å². The zero-order valence-corrected chi connectivity index (χ0v) is 12.8. The van der Waals surface area contributed by atoms with E-state index < -0.39 is 0 Å². The predicted molar refractivity (Wildman–Crippen MR) is 86.0 cm³/mol. The molecule has 0 radical (unpaired) electrons. The minimum absolute atomic E-state index is 0.239. The molecule has 1 aromatic heterocycles. The van der Waals surface area contributed by atoms with Gasteiger partial charge in [-0.05, 0) is 37.3 Å². The number of benzene rings is 1. The third-order valence-corrected chi connectivity index (χ3v) is 4.71. The Bertz CT molecular complexity index is 674. The lowest BCUT2D eigenvalue weighted by molar-refractivity contribution is 0.0527. The maximum absolute atomic E-state index is 12.2. The fourth-order valence-electron chi connectivity index (χ4n) is 2.57. The Labute approximate surface area is 128 Å². The summed E-state index contributed by atoms with van der Waals surface area (Å²) in [6.45, 7) is 2.22. The molecule has 1 aliphatic carbocycles. The molecule has 21 heavy (non-hydrogen) atoms. The zero-order valence-electron chi connectivity index (χ0n) is 12.0. The zero-order chi connectivity index (χ0) is 14.7. The van der Waals surface area contributed by atoms with Crippen LogP contribution < -0.4 is 0 Å². The van der Waals surface area contributed by atoms with E-state index in [1.807, 2.05) is 43.5 Å². The van der Waals surface area contributed by atoms with Gasteiger partial charge in [0.15, 0.2) is 0 Å². The summed E-state index contributed by atoms with van der Waals surface area (Å²) in [4.78, 5) is 18.0. The molecular formula is C17H17NO2S. The summed E-state index contributed by atoms with van der Waals surface area (Å²) in [5.41, 5.74) is 2.86. The lowest BCUT2D eigenvalue weighted by atomic mass is 10.1. The number of nitrogens with zero attached hydrogens (tertiary/aromatic N) is 1. The molecule has 0 saturated heterocycles. The number of carbonyl (C=O) groups excluding carboxylic acids is 1. The van der Waals surface area contributed by atoms with Gasteiger partial charge in [0.25, 0.3) is 0 Å². The first-order chi connectivity index (χ1) is 10.3. The summed E-state index contributed by atoms with van der Waals surface area (Å²) < 4.78 is 5.20. The lowest BCUT2D eigenvalue weighted by Crippen LogP contribution is -2.06. The largest absolute Gasteiger partial charge is 0.462 e. The van der Waals surface area contributed by atoms with Crippen LogP contribution in [0.5, 0.6) is 0 Å². The molecule has 0 fully saturated rings. The highest BCUT2D eigenvalue weighted by Crippen LogP contribution is 2.41. The number of fused-ring (bicyclic) bond motifs is 1. The first kappa shape index (κ1) is 14.0. The summed E-state index contributed by atoms with van der Waals surface area (Å²) in [6.07, 6.45) is 4.94. The van der Waals surface area contributed by atoms with E-state index in [1.54, 1.807) is 11.3 Å². The van der Waals surface area contributed by atoms with Gasteiger partial charge in [-0.15, -0.1) is 11.3 Å². The summed E-state index contributed by atoms with van der Waals surface area (Å²) in [5.74, 6) is -0.239. The van der Waals surface area contributed by atoms with Crippen LogP contribution in [0.2, 0.25) is 0 Å². The van der Waals surface area contributed by atoms with Crippen LogP contribution >= 0.6 is 11.3 Å². The molecule has 0 atom stereocenters. The normalized spacial score (nSPS) is 13.6. The standard InChI is InChI=1S/C17H17NO2S/c1-2-20-17(19)15-13-9-6-10-14(13)21-16(15)18-11-12-7-4-3-5-8-12/h3-5,7-8,11H,2,6,9-10H2,1H3. The Kier molecular flexibility index (Phi) is 4.15. The summed E-state index contributed by atoms with van der Waals surface area (Å²) >= 11 is 1.62. The molecule has 4 heteroatoms. The number of hydrogen-bond acceptors (Lipinski definition) is 4. The smallest absolute Gasteiger partial charge is 0.341 e. The molecule has 1 aromatic carbocycles. The molecule has 0 spiro atoms.